The molecule has 2 N–H and O–H groups in total. The molecule has 0 radical (unpaired) electrons. The van der Waals surface area contributed by atoms with Crippen molar-refractivity contribution >= 4 is 17.7 Å². The van der Waals surface area contributed by atoms with Crippen LogP contribution in [0.15, 0.2) is 12.7 Å². The number of amides is 1. The van der Waals surface area contributed by atoms with E-state index in [0.29, 0.717) is 12.6 Å². The maximum Gasteiger partial charge on any atom is 0.237 e. The van der Waals surface area contributed by atoms with Crippen LogP contribution >= 0.6 is 11.8 Å². The van der Waals surface area contributed by atoms with E-state index in [4.69, 9.17) is 0 Å². The van der Waals surface area contributed by atoms with Crippen molar-refractivity contribution < 1.29 is 4.79 Å². The molecule has 0 spiro atoms. The van der Waals surface area contributed by atoms with E-state index in [1.54, 1.807) is 6.08 Å². The van der Waals surface area contributed by atoms with Crippen LogP contribution in [0.2, 0.25) is 0 Å². The van der Waals surface area contributed by atoms with Gasteiger partial charge in [0.1, 0.15) is 0 Å². The average Bonchev–Trinajstić information content (AvgIpc) is 2.36. The predicted molar refractivity (Wildman–Crippen MR) is 75.4 cm³/mol. The molecule has 1 amide bonds. The van der Waals surface area contributed by atoms with Crippen LogP contribution in [0.4, 0.5) is 0 Å². The normalized spacial score (nSPS) is 26.2. The molecule has 0 aromatic heterocycles. The number of hydrogen-bond donors (Lipinski definition) is 2. The Morgan fingerprint density at radius 1 is 1.47 bits per heavy atom. The van der Waals surface area contributed by atoms with Crippen LogP contribution in [0.1, 0.15) is 32.6 Å². The molecule has 1 saturated carbocycles. The van der Waals surface area contributed by atoms with Crippen LogP contribution in [0, 0.1) is 0 Å². The van der Waals surface area contributed by atoms with Gasteiger partial charge in [0.15, 0.2) is 0 Å². The van der Waals surface area contributed by atoms with Gasteiger partial charge in [0.2, 0.25) is 5.91 Å². The zero-order valence-corrected chi connectivity index (χ0v) is 11.7. The molecule has 0 saturated heterocycles. The fourth-order valence-corrected chi connectivity index (χ4v) is 2.96. The Kier molecular flexibility index (Phi) is 6.66. The van der Waals surface area contributed by atoms with Gasteiger partial charge in [0.25, 0.3) is 0 Å². The first-order valence-corrected chi connectivity index (χ1v) is 7.63. The summed E-state index contributed by atoms with van der Waals surface area (Å²) in [6.45, 7) is 6.06. The second kappa shape index (κ2) is 7.77. The molecule has 98 valence electrons. The lowest BCUT2D eigenvalue weighted by molar-refractivity contribution is -0.122. The topological polar surface area (TPSA) is 41.1 Å². The van der Waals surface area contributed by atoms with Gasteiger partial charge in [0, 0.05) is 17.8 Å². The molecular formula is C13H24N2OS. The van der Waals surface area contributed by atoms with Gasteiger partial charge in [-0.2, -0.15) is 11.8 Å². The standard InChI is InChI=1S/C13H24N2OS/c1-4-9-14-13(16)10(2)15-11-5-7-12(17-3)8-6-11/h4,10-12,15H,1,5-9H2,2-3H3,(H,14,16). The van der Waals surface area contributed by atoms with Crippen molar-refractivity contribution in [2.75, 3.05) is 12.8 Å². The van der Waals surface area contributed by atoms with Gasteiger partial charge >= 0.3 is 0 Å². The number of hydrogen-bond acceptors (Lipinski definition) is 3. The third kappa shape index (κ3) is 5.13. The van der Waals surface area contributed by atoms with Crippen LogP contribution in [-0.2, 0) is 4.79 Å². The van der Waals surface area contributed by atoms with Crippen LogP contribution in [0.25, 0.3) is 0 Å². The third-order valence-corrected chi connectivity index (χ3v) is 4.45. The van der Waals surface area contributed by atoms with E-state index in [2.05, 4.69) is 23.5 Å². The molecule has 1 fully saturated rings. The molecule has 0 heterocycles. The fourth-order valence-electron chi connectivity index (χ4n) is 2.22. The maximum atomic E-state index is 11.7. The second-order valence-electron chi connectivity index (χ2n) is 4.63. The van der Waals surface area contributed by atoms with Crippen molar-refractivity contribution in [3.8, 4) is 0 Å². The fraction of sp³-hybridized carbons (Fsp3) is 0.769. The molecule has 1 aliphatic carbocycles. The van der Waals surface area contributed by atoms with E-state index in [1.807, 2.05) is 18.7 Å². The predicted octanol–water partition coefficient (Wildman–Crippen LogP) is 1.94. The number of rotatable bonds is 6. The summed E-state index contributed by atoms with van der Waals surface area (Å²) in [5, 5.41) is 7.05. The van der Waals surface area contributed by atoms with Gasteiger partial charge in [-0.25, -0.2) is 0 Å². The summed E-state index contributed by atoms with van der Waals surface area (Å²) in [4.78, 5) is 11.7. The molecule has 1 rings (SSSR count). The molecule has 0 aromatic carbocycles. The lowest BCUT2D eigenvalue weighted by Crippen LogP contribution is -2.47. The minimum Gasteiger partial charge on any atom is -0.351 e. The minimum atomic E-state index is -0.106. The zero-order chi connectivity index (χ0) is 12.7. The Bertz CT molecular complexity index is 250. The Morgan fingerprint density at radius 3 is 2.65 bits per heavy atom. The molecule has 1 atom stereocenters. The van der Waals surface area contributed by atoms with E-state index in [0.717, 1.165) is 5.25 Å². The van der Waals surface area contributed by atoms with Crippen molar-refractivity contribution in [2.45, 2.75) is 49.9 Å². The summed E-state index contributed by atoms with van der Waals surface area (Å²) >= 11 is 1.97. The van der Waals surface area contributed by atoms with Crippen molar-refractivity contribution in [1.29, 1.82) is 0 Å². The number of carbonyl (C=O) groups excluding carboxylic acids is 1. The molecule has 17 heavy (non-hydrogen) atoms. The van der Waals surface area contributed by atoms with Crippen molar-refractivity contribution in [3.63, 3.8) is 0 Å². The highest BCUT2D eigenvalue weighted by molar-refractivity contribution is 7.99. The van der Waals surface area contributed by atoms with Gasteiger partial charge in [-0.05, 0) is 38.9 Å². The van der Waals surface area contributed by atoms with Gasteiger partial charge in [-0.15, -0.1) is 6.58 Å². The summed E-state index contributed by atoms with van der Waals surface area (Å²) < 4.78 is 0. The first kappa shape index (κ1) is 14.6. The number of thioether (sulfide) groups is 1. The summed E-state index contributed by atoms with van der Waals surface area (Å²) in [6, 6.07) is 0.397. The van der Waals surface area contributed by atoms with Crippen LogP contribution in [0.3, 0.4) is 0 Å². The summed E-state index contributed by atoms with van der Waals surface area (Å²) in [5.41, 5.74) is 0. The molecule has 3 nitrogen and oxygen atoms in total. The highest BCUT2D eigenvalue weighted by Gasteiger charge is 2.23. The van der Waals surface area contributed by atoms with E-state index in [1.165, 1.54) is 25.7 Å². The molecule has 4 heteroatoms. The van der Waals surface area contributed by atoms with E-state index in [-0.39, 0.29) is 11.9 Å². The molecule has 0 aliphatic heterocycles. The summed E-state index contributed by atoms with van der Waals surface area (Å²) in [6.07, 6.45) is 8.78. The summed E-state index contributed by atoms with van der Waals surface area (Å²) in [5.74, 6) is 0.0666. The highest BCUT2D eigenvalue weighted by Crippen LogP contribution is 2.26. The zero-order valence-electron chi connectivity index (χ0n) is 10.9. The van der Waals surface area contributed by atoms with E-state index < -0.39 is 0 Å². The van der Waals surface area contributed by atoms with Gasteiger partial charge in [-0.3, -0.25) is 4.79 Å². The SMILES string of the molecule is C=CCNC(=O)C(C)NC1CCC(SC)CC1. The molecule has 1 aliphatic rings. The maximum absolute atomic E-state index is 11.7. The van der Waals surface area contributed by atoms with Crippen LogP contribution < -0.4 is 10.6 Å². The molecular weight excluding hydrogens is 232 g/mol. The minimum absolute atomic E-state index is 0.0666. The van der Waals surface area contributed by atoms with Gasteiger partial charge in [-0.1, -0.05) is 6.08 Å². The van der Waals surface area contributed by atoms with Crippen molar-refractivity contribution in [3.05, 3.63) is 12.7 Å². The molecule has 0 bridgehead atoms. The van der Waals surface area contributed by atoms with Crippen molar-refractivity contribution in [2.24, 2.45) is 0 Å². The third-order valence-electron chi connectivity index (χ3n) is 3.31. The van der Waals surface area contributed by atoms with Crippen molar-refractivity contribution in [1.82, 2.24) is 10.6 Å². The first-order valence-electron chi connectivity index (χ1n) is 6.34. The average molecular weight is 256 g/mol. The van der Waals surface area contributed by atoms with Crippen LogP contribution in [-0.4, -0.2) is 36.0 Å². The lowest BCUT2D eigenvalue weighted by Gasteiger charge is -2.30. The van der Waals surface area contributed by atoms with E-state index in [9.17, 15) is 4.79 Å². The van der Waals surface area contributed by atoms with Crippen LogP contribution in [0.5, 0.6) is 0 Å². The largest absolute Gasteiger partial charge is 0.351 e. The van der Waals surface area contributed by atoms with Gasteiger partial charge < -0.3 is 10.6 Å². The lowest BCUT2D eigenvalue weighted by atomic mass is 9.94. The molecule has 0 aromatic rings. The first-order chi connectivity index (χ1) is 8.17. The Morgan fingerprint density at radius 2 is 2.12 bits per heavy atom. The Labute approximate surface area is 109 Å². The quantitative estimate of drug-likeness (QED) is 0.714. The Hall–Kier alpha value is -0.480. The molecule has 1 unspecified atom stereocenters. The number of nitrogens with one attached hydrogen (secondary N) is 2. The number of carbonyl (C=O) groups is 1. The summed E-state index contributed by atoms with van der Waals surface area (Å²) in [7, 11) is 0. The monoisotopic (exact) mass is 256 g/mol. The van der Waals surface area contributed by atoms with E-state index >= 15 is 0 Å². The second-order valence-corrected chi connectivity index (χ2v) is 5.77. The smallest absolute Gasteiger partial charge is 0.237 e. The highest BCUT2D eigenvalue weighted by atomic mass is 32.2. The Balaban J connectivity index is 2.24. The van der Waals surface area contributed by atoms with Gasteiger partial charge in [0.05, 0.1) is 6.04 Å².